The van der Waals surface area contributed by atoms with E-state index in [9.17, 15) is 13.2 Å². The molecule has 1 aliphatic carbocycles. The number of rotatable bonds is 8. The van der Waals surface area contributed by atoms with E-state index in [1.54, 1.807) is 12.1 Å². The first kappa shape index (κ1) is 21.7. The second-order valence-electron chi connectivity index (χ2n) is 6.96. The summed E-state index contributed by atoms with van der Waals surface area (Å²) >= 11 is 0. The number of nitrogens with zero attached hydrogens (tertiary/aromatic N) is 1. The summed E-state index contributed by atoms with van der Waals surface area (Å²) in [7, 11) is -3.48. The molecule has 1 amide bonds. The quantitative estimate of drug-likeness (QED) is 0.731. The van der Waals surface area contributed by atoms with E-state index in [1.807, 2.05) is 13.8 Å². The zero-order valence-corrected chi connectivity index (χ0v) is 17.3. The van der Waals surface area contributed by atoms with Gasteiger partial charge >= 0.3 is 0 Å². The molecule has 0 aromatic heterocycles. The molecule has 7 heteroatoms. The van der Waals surface area contributed by atoms with Crippen LogP contribution < -0.4 is 10.1 Å². The van der Waals surface area contributed by atoms with Crippen LogP contribution in [0, 0.1) is 0 Å². The van der Waals surface area contributed by atoms with Gasteiger partial charge in [0.05, 0.1) is 4.90 Å². The van der Waals surface area contributed by atoms with Gasteiger partial charge in [0.1, 0.15) is 5.75 Å². The number of hydrogen-bond donors (Lipinski definition) is 1. The SMILES string of the molecule is CCN(CC)S(=O)(=O)c1ccc(OCC(=O)NC2CCCCCCC2)cc1. The Kier molecular flexibility index (Phi) is 8.57. The summed E-state index contributed by atoms with van der Waals surface area (Å²) in [5, 5.41) is 3.06. The van der Waals surface area contributed by atoms with Gasteiger partial charge in [0.25, 0.3) is 5.91 Å². The first-order valence-corrected chi connectivity index (χ1v) is 11.4. The van der Waals surface area contributed by atoms with Crippen molar-refractivity contribution in [1.29, 1.82) is 0 Å². The van der Waals surface area contributed by atoms with Crippen molar-refractivity contribution < 1.29 is 17.9 Å². The highest BCUT2D eigenvalue weighted by molar-refractivity contribution is 7.89. The Hall–Kier alpha value is -1.60. The number of carbonyl (C=O) groups excluding carboxylic acids is 1. The van der Waals surface area contributed by atoms with Gasteiger partial charge in [-0.15, -0.1) is 0 Å². The highest BCUT2D eigenvalue weighted by atomic mass is 32.2. The molecule has 1 saturated carbocycles. The lowest BCUT2D eigenvalue weighted by molar-refractivity contribution is -0.123. The van der Waals surface area contributed by atoms with E-state index in [0.717, 1.165) is 25.7 Å². The summed E-state index contributed by atoms with van der Waals surface area (Å²) in [6, 6.07) is 6.48. The van der Waals surface area contributed by atoms with Crippen molar-refractivity contribution in [2.24, 2.45) is 0 Å². The molecule has 1 aromatic rings. The van der Waals surface area contributed by atoms with Gasteiger partial charge in [0, 0.05) is 19.1 Å². The maximum absolute atomic E-state index is 12.5. The third-order valence-electron chi connectivity index (χ3n) is 5.01. The van der Waals surface area contributed by atoms with Crippen LogP contribution in [0.25, 0.3) is 0 Å². The summed E-state index contributed by atoms with van der Waals surface area (Å²) in [4.78, 5) is 12.4. The van der Waals surface area contributed by atoms with Crippen LogP contribution in [0.5, 0.6) is 5.75 Å². The minimum atomic E-state index is -3.48. The van der Waals surface area contributed by atoms with Crippen molar-refractivity contribution in [1.82, 2.24) is 9.62 Å². The van der Waals surface area contributed by atoms with Gasteiger partial charge < -0.3 is 10.1 Å². The lowest BCUT2D eigenvalue weighted by Gasteiger charge is -2.21. The van der Waals surface area contributed by atoms with Gasteiger partial charge in [0.15, 0.2) is 6.61 Å². The van der Waals surface area contributed by atoms with Crippen LogP contribution in [0.3, 0.4) is 0 Å². The summed E-state index contributed by atoms with van der Waals surface area (Å²) in [6.07, 6.45) is 8.16. The van der Waals surface area contributed by atoms with E-state index in [2.05, 4.69) is 5.32 Å². The predicted molar refractivity (Wildman–Crippen MR) is 106 cm³/mol. The smallest absolute Gasteiger partial charge is 0.258 e. The van der Waals surface area contributed by atoms with Crippen LogP contribution in [0.4, 0.5) is 0 Å². The Labute approximate surface area is 163 Å². The highest BCUT2D eigenvalue weighted by Crippen LogP contribution is 2.20. The molecular formula is C20H32N2O4S. The van der Waals surface area contributed by atoms with Crippen molar-refractivity contribution in [3.63, 3.8) is 0 Å². The second kappa shape index (κ2) is 10.7. The number of ether oxygens (including phenoxy) is 1. The Morgan fingerprint density at radius 3 is 2.15 bits per heavy atom. The van der Waals surface area contributed by atoms with E-state index in [0.29, 0.717) is 18.8 Å². The first-order chi connectivity index (χ1) is 13.0. The molecule has 1 fully saturated rings. The molecule has 0 aliphatic heterocycles. The molecule has 6 nitrogen and oxygen atoms in total. The van der Waals surface area contributed by atoms with Gasteiger partial charge in [-0.1, -0.05) is 46.0 Å². The first-order valence-electron chi connectivity index (χ1n) is 9.99. The van der Waals surface area contributed by atoms with Crippen LogP contribution in [0.15, 0.2) is 29.2 Å². The molecule has 0 unspecified atom stereocenters. The zero-order valence-electron chi connectivity index (χ0n) is 16.4. The molecule has 0 spiro atoms. The molecular weight excluding hydrogens is 364 g/mol. The minimum Gasteiger partial charge on any atom is -0.484 e. The summed E-state index contributed by atoms with van der Waals surface area (Å²) < 4.78 is 31.9. The molecule has 0 radical (unpaired) electrons. The molecule has 1 aliphatic rings. The monoisotopic (exact) mass is 396 g/mol. The fourth-order valence-electron chi connectivity index (χ4n) is 3.44. The molecule has 1 N–H and O–H groups in total. The Bertz CT molecular complexity index is 676. The lowest BCUT2D eigenvalue weighted by Crippen LogP contribution is -2.38. The van der Waals surface area contributed by atoms with E-state index in [4.69, 9.17) is 4.74 Å². The second-order valence-corrected chi connectivity index (χ2v) is 8.90. The Balaban J connectivity index is 1.86. The minimum absolute atomic E-state index is 0.0569. The van der Waals surface area contributed by atoms with Gasteiger partial charge in [0.2, 0.25) is 10.0 Å². The Morgan fingerprint density at radius 1 is 1.04 bits per heavy atom. The third-order valence-corrected chi connectivity index (χ3v) is 7.07. The van der Waals surface area contributed by atoms with Crippen LogP contribution in [-0.2, 0) is 14.8 Å². The number of sulfonamides is 1. The predicted octanol–water partition coefficient (Wildman–Crippen LogP) is 3.33. The number of hydrogen-bond acceptors (Lipinski definition) is 4. The van der Waals surface area contributed by atoms with Crippen molar-refractivity contribution in [2.45, 2.75) is 69.7 Å². The van der Waals surface area contributed by atoms with Gasteiger partial charge in [-0.3, -0.25) is 4.79 Å². The van der Waals surface area contributed by atoms with E-state index in [1.165, 1.54) is 35.7 Å². The number of nitrogens with one attached hydrogen (secondary N) is 1. The van der Waals surface area contributed by atoms with E-state index in [-0.39, 0.29) is 23.5 Å². The highest BCUT2D eigenvalue weighted by Gasteiger charge is 2.21. The maximum Gasteiger partial charge on any atom is 0.258 e. The van der Waals surface area contributed by atoms with Crippen LogP contribution >= 0.6 is 0 Å². The molecule has 27 heavy (non-hydrogen) atoms. The summed E-state index contributed by atoms with van der Waals surface area (Å²) in [5.41, 5.74) is 0. The van der Waals surface area contributed by atoms with E-state index >= 15 is 0 Å². The lowest BCUT2D eigenvalue weighted by atomic mass is 9.97. The van der Waals surface area contributed by atoms with E-state index < -0.39 is 10.0 Å². The van der Waals surface area contributed by atoms with Gasteiger partial charge in [-0.05, 0) is 37.1 Å². The van der Waals surface area contributed by atoms with Gasteiger partial charge in [-0.2, -0.15) is 4.31 Å². The average Bonchev–Trinajstić information content (AvgIpc) is 2.63. The zero-order chi connectivity index (χ0) is 19.7. The van der Waals surface area contributed by atoms with Crippen molar-refractivity contribution >= 4 is 15.9 Å². The average molecular weight is 397 g/mol. The molecule has 0 bridgehead atoms. The molecule has 2 rings (SSSR count). The van der Waals surface area contributed by atoms with Crippen LogP contribution in [-0.4, -0.2) is 44.4 Å². The summed E-state index contributed by atoms with van der Waals surface area (Å²) in [6.45, 7) is 4.43. The number of carbonyl (C=O) groups is 1. The van der Waals surface area contributed by atoms with Crippen molar-refractivity contribution in [2.75, 3.05) is 19.7 Å². The maximum atomic E-state index is 12.5. The normalized spacial score (nSPS) is 16.6. The third kappa shape index (κ3) is 6.50. The molecule has 0 atom stereocenters. The summed E-state index contributed by atoms with van der Waals surface area (Å²) in [5.74, 6) is 0.363. The largest absolute Gasteiger partial charge is 0.484 e. The fourth-order valence-corrected chi connectivity index (χ4v) is 4.90. The van der Waals surface area contributed by atoms with Crippen molar-refractivity contribution in [3.8, 4) is 5.75 Å². The standard InChI is InChI=1S/C20H32N2O4S/c1-3-22(4-2)27(24,25)19-14-12-18(13-15-19)26-16-20(23)21-17-10-8-6-5-7-9-11-17/h12-15,17H,3-11,16H2,1-2H3,(H,21,23). The molecule has 152 valence electrons. The van der Waals surface area contributed by atoms with Crippen molar-refractivity contribution in [3.05, 3.63) is 24.3 Å². The molecule has 0 heterocycles. The Morgan fingerprint density at radius 2 is 1.59 bits per heavy atom. The number of amides is 1. The van der Waals surface area contributed by atoms with Crippen LogP contribution in [0.2, 0.25) is 0 Å². The van der Waals surface area contributed by atoms with Crippen LogP contribution in [0.1, 0.15) is 58.8 Å². The number of benzene rings is 1. The van der Waals surface area contributed by atoms with Gasteiger partial charge in [-0.25, -0.2) is 8.42 Å². The molecule has 0 saturated heterocycles. The molecule has 1 aromatic carbocycles. The topological polar surface area (TPSA) is 75.7 Å². The fraction of sp³-hybridized carbons (Fsp3) is 0.650.